The fourth-order valence-corrected chi connectivity index (χ4v) is 3.18. The van der Waals surface area contributed by atoms with E-state index in [1.807, 2.05) is 24.3 Å². The molecule has 1 aliphatic rings. The molecule has 110 valence electrons. The Balaban J connectivity index is 1.91. The average molecular weight is 347 g/mol. The molecular weight excluding hydrogens is 328 g/mol. The molecule has 0 saturated carbocycles. The first-order valence-corrected chi connectivity index (χ1v) is 8.20. The summed E-state index contributed by atoms with van der Waals surface area (Å²) in [4.78, 5) is 0. The number of aryl methyl sites for hydroxylation is 2. The lowest BCUT2D eigenvalue weighted by Gasteiger charge is -2.18. The first-order valence-electron chi connectivity index (χ1n) is 7.40. The number of hydrogen-bond acceptors (Lipinski definition) is 2. The molecule has 2 nitrogen and oxygen atoms in total. The lowest BCUT2D eigenvalue weighted by Crippen LogP contribution is -2.03. The van der Waals surface area contributed by atoms with Gasteiger partial charge in [0.1, 0.15) is 11.5 Å². The fraction of sp³-hybridized carbons (Fsp3) is 0.333. The molecule has 21 heavy (non-hydrogen) atoms. The van der Waals surface area contributed by atoms with E-state index in [2.05, 4.69) is 28.1 Å². The Hall–Kier alpha value is -1.32. The van der Waals surface area contributed by atoms with Crippen LogP contribution in [0.25, 0.3) is 0 Å². The van der Waals surface area contributed by atoms with Crippen molar-refractivity contribution in [3.8, 4) is 11.5 Å². The molecule has 3 heteroatoms. The lowest BCUT2D eigenvalue weighted by atomic mass is 9.92. The van der Waals surface area contributed by atoms with Crippen LogP contribution in [-0.2, 0) is 12.8 Å². The van der Waals surface area contributed by atoms with E-state index in [0.29, 0.717) is 5.75 Å². The standard InChI is InChI=1S/C18H19BrO2/c1-12(20)17-9-7-15(19)11-18(17)21-16-8-6-13-4-2-3-5-14(13)10-16/h6-12,20H,2-5H2,1H3. The monoisotopic (exact) mass is 346 g/mol. The van der Waals surface area contributed by atoms with Crippen LogP contribution in [0.1, 0.15) is 42.6 Å². The zero-order chi connectivity index (χ0) is 14.8. The Labute approximate surface area is 133 Å². The zero-order valence-corrected chi connectivity index (χ0v) is 13.7. The largest absolute Gasteiger partial charge is 0.457 e. The van der Waals surface area contributed by atoms with E-state index < -0.39 is 6.10 Å². The van der Waals surface area contributed by atoms with Crippen LogP contribution in [-0.4, -0.2) is 5.11 Å². The summed E-state index contributed by atoms with van der Waals surface area (Å²) in [6.07, 6.45) is 4.29. The molecule has 0 aromatic heterocycles. The highest BCUT2D eigenvalue weighted by molar-refractivity contribution is 9.10. The van der Waals surface area contributed by atoms with E-state index >= 15 is 0 Å². The number of aliphatic hydroxyl groups excluding tert-OH is 1. The summed E-state index contributed by atoms with van der Waals surface area (Å²) in [7, 11) is 0. The molecule has 3 rings (SSSR count). The quantitative estimate of drug-likeness (QED) is 0.830. The normalized spacial score (nSPS) is 15.4. The number of aliphatic hydroxyl groups is 1. The van der Waals surface area contributed by atoms with E-state index in [9.17, 15) is 5.11 Å². The molecule has 0 spiro atoms. The third-order valence-electron chi connectivity index (χ3n) is 3.97. The maximum absolute atomic E-state index is 9.87. The minimum Gasteiger partial charge on any atom is -0.457 e. The molecule has 0 saturated heterocycles. The van der Waals surface area contributed by atoms with Gasteiger partial charge in [-0.1, -0.05) is 28.1 Å². The molecule has 1 atom stereocenters. The predicted molar refractivity (Wildman–Crippen MR) is 87.9 cm³/mol. The van der Waals surface area contributed by atoms with Crippen LogP contribution >= 0.6 is 15.9 Å². The van der Waals surface area contributed by atoms with E-state index in [1.165, 1.54) is 30.4 Å². The number of rotatable bonds is 3. The predicted octanol–water partition coefficient (Wildman–Crippen LogP) is 5.17. The van der Waals surface area contributed by atoms with Crippen LogP contribution in [0.3, 0.4) is 0 Å². The number of hydrogen-bond donors (Lipinski definition) is 1. The molecule has 1 aliphatic carbocycles. The summed E-state index contributed by atoms with van der Waals surface area (Å²) in [5.41, 5.74) is 3.64. The van der Waals surface area contributed by atoms with Gasteiger partial charge in [0, 0.05) is 10.0 Å². The lowest BCUT2D eigenvalue weighted by molar-refractivity contribution is 0.195. The minimum atomic E-state index is -0.550. The van der Waals surface area contributed by atoms with Gasteiger partial charge in [0.25, 0.3) is 0 Å². The molecule has 0 aliphatic heterocycles. The average Bonchev–Trinajstić information content (AvgIpc) is 2.47. The summed E-state index contributed by atoms with van der Waals surface area (Å²) >= 11 is 3.46. The topological polar surface area (TPSA) is 29.5 Å². The third kappa shape index (κ3) is 3.30. The molecular formula is C18H19BrO2. The van der Waals surface area contributed by atoms with Crippen molar-refractivity contribution in [3.05, 3.63) is 57.6 Å². The highest BCUT2D eigenvalue weighted by Crippen LogP contribution is 2.34. The van der Waals surface area contributed by atoms with Crippen molar-refractivity contribution in [2.45, 2.75) is 38.7 Å². The Morgan fingerprint density at radius 3 is 2.57 bits per heavy atom. The highest BCUT2D eigenvalue weighted by Gasteiger charge is 2.13. The number of benzene rings is 2. The van der Waals surface area contributed by atoms with Gasteiger partial charge in [-0.3, -0.25) is 0 Å². The Bertz CT molecular complexity index is 650. The van der Waals surface area contributed by atoms with Gasteiger partial charge in [0.2, 0.25) is 0 Å². The maximum atomic E-state index is 9.87. The molecule has 0 amide bonds. The maximum Gasteiger partial charge on any atom is 0.134 e. The molecule has 0 bridgehead atoms. The van der Waals surface area contributed by atoms with E-state index in [4.69, 9.17) is 4.74 Å². The molecule has 1 N–H and O–H groups in total. The smallest absolute Gasteiger partial charge is 0.134 e. The Morgan fingerprint density at radius 2 is 1.81 bits per heavy atom. The number of ether oxygens (including phenoxy) is 1. The van der Waals surface area contributed by atoms with Crippen molar-refractivity contribution < 1.29 is 9.84 Å². The Morgan fingerprint density at radius 1 is 1.05 bits per heavy atom. The number of halogens is 1. The fourth-order valence-electron chi connectivity index (χ4n) is 2.84. The van der Waals surface area contributed by atoms with Crippen molar-refractivity contribution in [2.24, 2.45) is 0 Å². The van der Waals surface area contributed by atoms with Gasteiger partial charge in [0.05, 0.1) is 6.10 Å². The third-order valence-corrected chi connectivity index (χ3v) is 4.47. The van der Waals surface area contributed by atoms with E-state index in [1.54, 1.807) is 6.92 Å². The van der Waals surface area contributed by atoms with E-state index in [0.717, 1.165) is 22.2 Å². The van der Waals surface area contributed by atoms with Crippen molar-refractivity contribution >= 4 is 15.9 Å². The van der Waals surface area contributed by atoms with Gasteiger partial charge >= 0.3 is 0 Å². The van der Waals surface area contributed by atoms with Gasteiger partial charge in [-0.15, -0.1) is 0 Å². The molecule has 0 fully saturated rings. The summed E-state index contributed by atoms with van der Waals surface area (Å²) in [6.45, 7) is 1.75. The van der Waals surface area contributed by atoms with Crippen molar-refractivity contribution in [3.63, 3.8) is 0 Å². The first-order chi connectivity index (χ1) is 10.1. The van der Waals surface area contributed by atoms with Gasteiger partial charge < -0.3 is 9.84 Å². The van der Waals surface area contributed by atoms with Gasteiger partial charge in [0.15, 0.2) is 0 Å². The SMILES string of the molecule is CC(O)c1ccc(Br)cc1Oc1ccc2c(c1)CCCC2. The van der Waals surface area contributed by atoms with Gasteiger partial charge in [-0.25, -0.2) is 0 Å². The highest BCUT2D eigenvalue weighted by atomic mass is 79.9. The molecule has 1 unspecified atom stereocenters. The van der Waals surface area contributed by atoms with Crippen molar-refractivity contribution in [2.75, 3.05) is 0 Å². The van der Waals surface area contributed by atoms with Crippen LogP contribution in [0.2, 0.25) is 0 Å². The summed E-state index contributed by atoms with van der Waals surface area (Å²) in [5.74, 6) is 1.55. The summed E-state index contributed by atoms with van der Waals surface area (Å²) in [5, 5.41) is 9.87. The minimum absolute atomic E-state index is 0.550. The summed E-state index contributed by atoms with van der Waals surface area (Å²) < 4.78 is 6.97. The molecule has 2 aromatic carbocycles. The first kappa shape index (κ1) is 14.6. The molecule has 2 aromatic rings. The zero-order valence-electron chi connectivity index (χ0n) is 12.1. The van der Waals surface area contributed by atoms with Crippen molar-refractivity contribution in [1.29, 1.82) is 0 Å². The molecule has 0 heterocycles. The second-order valence-corrected chi connectivity index (χ2v) is 6.51. The number of fused-ring (bicyclic) bond motifs is 1. The Kier molecular flexibility index (Phi) is 4.32. The second-order valence-electron chi connectivity index (χ2n) is 5.60. The van der Waals surface area contributed by atoms with Crippen LogP contribution < -0.4 is 4.74 Å². The van der Waals surface area contributed by atoms with Crippen LogP contribution in [0.4, 0.5) is 0 Å². The second kappa shape index (κ2) is 6.20. The van der Waals surface area contributed by atoms with Gasteiger partial charge in [-0.05, 0) is 68.0 Å². The van der Waals surface area contributed by atoms with Crippen LogP contribution in [0.5, 0.6) is 11.5 Å². The van der Waals surface area contributed by atoms with Crippen LogP contribution in [0, 0.1) is 0 Å². The van der Waals surface area contributed by atoms with E-state index in [-0.39, 0.29) is 0 Å². The van der Waals surface area contributed by atoms with Crippen molar-refractivity contribution in [1.82, 2.24) is 0 Å². The van der Waals surface area contributed by atoms with Gasteiger partial charge in [-0.2, -0.15) is 0 Å². The summed E-state index contributed by atoms with van der Waals surface area (Å²) in [6, 6.07) is 12.0. The molecule has 0 radical (unpaired) electrons. The van der Waals surface area contributed by atoms with Crippen LogP contribution in [0.15, 0.2) is 40.9 Å².